The molecule has 1 rings (SSSR count). The van der Waals surface area contributed by atoms with Crippen molar-refractivity contribution in [1.82, 2.24) is 5.32 Å². The lowest BCUT2D eigenvalue weighted by molar-refractivity contribution is -0.385. The van der Waals surface area contributed by atoms with E-state index in [0.29, 0.717) is 5.56 Å². The van der Waals surface area contributed by atoms with Gasteiger partial charge in [-0.1, -0.05) is 32.9 Å². The van der Waals surface area contributed by atoms with E-state index in [1.807, 2.05) is 0 Å². The van der Waals surface area contributed by atoms with Crippen molar-refractivity contribution >= 4 is 17.6 Å². The summed E-state index contributed by atoms with van der Waals surface area (Å²) in [6.45, 7) is 6.51. The van der Waals surface area contributed by atoms with Gasteiger partial charge in [0.1, 0.15) is 11.6 Å². The molecule has 2 N–H and O–H groups in total. The van der Waals surface area contributed by atoms with Crippen LogP contribution < -0.4 is 5.32 Å². The molecule has 1 amide bonds. The summed E-state index contributed by atoms with van der Waals surface area (Å²) in [5.74, 6) is -1.96. The fourth-order valence-electron chi connectivity index (χ4n) is 1.94. The number of carboxylic acid groups (broad SMARTS) is 1. The number of nitro benzene ring substituents is 1. The molecule has 0 aliphatic heterocycles. The number of nitrogens with zero attached hydrogens (tertiary/aromatic N) is 1. The highest BCUT2D eigenvalue weighted by Crippen LogP contribution is 2.25. The fraction of sp³-hybridized carbons (Fsp3) is 0.429. The molecule has 114 valence electrons. The van der Waals surface area contributed by atoms with Crippen LogP contribution in [0.2, 0.25) is 0 Å². The molecule has 1 aromatic carbocycles. The van der Waals surface area contributed by atoms with Gasteiger partial charge in [-0.2, -0.15) is 0 Å². The van der Waals surface area contributed by atoms with E-state index in [1.54, 1.807) is 20.8 Å². The fourth-order valence-corrected chi connectivity index (χ4v) is 1.94. The third kappa shape index (κ3) is 3.77. The maximum absolute atomic E-state index is 12.2. The Kier molecular flexibility index (Phi) is 4.67. The molecule has 0 radical (unpaired) electrons. The molecule has 7 nitrogen and oxygen atoms in total. The zero-order valence-corrected chi connectivity index (χ0v) is 12.3. The van der Waals surface area contributed by atoms with Crippen molar-refractivity contribution in [3.63, 3.8) is 0 Å². The average molecular weight is 294 g/mol. The minimum Gasteiger partial charge on any atom is -0.480 e. The quantitative estimate of drug-likeness (QED) is 0.653. The first-order valence-electron chi connectivity index (χ1n) is 6.33. The number of para-hydroxylation sites is 1. The lowest BCUT2D eigenvalue weighted by atomic mass is 9.86. The van der Waals surface area contributed by atoms with Crippen molar-refractivity contribution in [3.8, 4) is 0 Å². The van der Waals surface area contributed by atoms with Crippen LogP contribution in [0.3, 0.4) is 0 Å². The van der Waals surface area contributed by atoms with Gasteiger partial charge in [-0.3, -0.25) is 14.9 Å². The van der Waals surface area contributed by atoms with Crippen LogP contribution in [0, 0.1) is 22.5 Å². The molecular formula is C14H18N2O5. The van der Waals surface area contributed by atoms with E-state index >= 15 is 0 Å². The zero-order chi connectivity index (χ0) is 16.4. The van der Waals surface area contributed by atoms with E-state index in [2.05, 4.69) is 5.32 Å². The maximum Gasteiger partial charge on any atom is 0.326 e. The Morgan fingerprint density at radius 1 is 1.33 bits per heavy atom. The molecule has 1 aromatic rings. The van der Waals surface area contributed by atoms with Gasteiger partial charge in [0.25, 0.3) is 11.6 Å². The first-order chi connectivity index (χ1) is 9.55. The average Bonchev–Trinajstić information content (AvgIpc) is 2.32. The minimum atomic E-state index is -1.19. The summed E-state index contributed by atoms with van der Waals surface area (Å²) in [5.41, 5.74) is -0.834. The number of hydrogen-bond donors (Lipinski definition) is 2. The molecule has 7 heteroatoms. The molecule has 21 heavy (non-hydrogen) atoms. The lowest BCUT2D eigenvalue weighted by Gasteiger charge is -2.27. The van der Waals surface area contributed by atoms with Crippen LogP contribution in [-0.4, -0.2) is 27.9 Å². The summed E-state index contributed by atoms with van der Waals surface area (Å²) in [7, 11) is 0. The topological polar surface area (TPSA) is 110 Å². The van der Waals surface area contributed by atoms with Gasteiger partial charge in [0.05, 0.1) is 4.92 Å². The van der Waals surface area contributed by atoms with Crippen LogP contribution in [0.5, 0.6) is 0 Å². The third-order valence-electron chi connectivity index (χ3n) is 3.05. The van der Waals surface area contributed by atoms with Crippen molar-refractivity contribution in [2.24, 2.45) is 5.41 Å². The number of carbonyl (C=O) groups is 2. The smallest absolute Gasteiger partial charge is 0.326 e. The van der Waals surface area contributed by atoms with Crippen molar-refractivity contribution in [2.75, 3.05) is 0 Å². The Hall–Kier alpha value is -2.44. The predicted molar refractivity (Wildman–Crippen MR) is 76.2 cm³/mol. The number of benzene rings is 1. The van der Waals surface area contributed by atoms with Crippen molar-refractivity contribution < 1.29 is 19.6 Å². The second-order valence-corrected chi connectivity index (χ2v) is 5.84. The molecule has 1 atom stereocenters. The minimum absolute atomic E-state index is 0.143. The summed E-state index contributed by atoms with van der Waals surface area (Å²) in [5, 5.41) is 22.6. The molecule has 0 aromatic heterocycles. The number of nitrogens with one attached hydrogen (secondary N) is 1. The number of aryl methyl sites for hydroxylation is 1. The third-order valence-corrected chi connectivity index (χ3v) is 3.05. The Labute approximate surface area is 122 Å². The van der Waals surface area contributed by atoms with Crippen LogP contribution in [0.15, 0.2) is 18.2 Å². The Balaban J connectivity index is 3.19. The first kappa shape index (κ1) is 16.6. The van der Waals surface area contributed by atoms with Crippen LogP contribution in [-0.2, 0) is 4.79 Å². The summed E-state index contributed by atoms with van der Waals surface area (Å²) < 4.78 is 0. The first-order valence-corrected chi connectivity index (χ1v) is 6.33. The summed E-state index contributed by atoms with van der Waals surface area (Å²) in [6.07, 6.45) is 0. The highest BCUT2D eigenvalue weighted by atomic mass is 16.6. The standard InChI is InChI=1S/C14H18N2O5/c1-8-6-5-7-9(10(8)16(20)21)12(17)15-11(13(18)19)14(2,3)4/h5-7,11H,1-4H3,(H,15,17)(H,18,19)/t11-/m0/s1. The number of carbonyl (C=O) groups excluding carboxylic acids is 1. The highest BCUT2D eigenvalue weighted by molar-refractivity contribution is 6.00. The summed E-state index contributed by atoms with van der Waals surface area (Å²) in [6, 6.07) is 3.20. The van der Waals surface area contributed by atoms with Crippen molar-refractivity contribution in [1.29, 1.82) is 0 Å². The zero-order valence-electron chi connectivity index (χ0n) is 12.3. The van der Waals surface area contributed by atoms with Gasteiger partial charge in [0, 0.05) is 5.56 Å². The summed E-state index contributed by atoms with van der Waals surface area (Å²) >= 11 is 0. The number of hydrogen-bond acceptors (Lipinski definition) is 4. The monoisotopic (exact) mass is 294 g/mol. The Bertz CT molecular complexity index is 590. The van der Waals surface area contributed by atoms with E-state index in [4.69, 9.17) is 0 Å². The number of amides is 1. The molecule has 0 saturated heterocycles. The highest BCUT2D eigenvalue weighted by Gasteiger charge is 2.34. The molecule has 0 fully saturated rings. The maximum atomic E-state index is 12.2. The number of carboxylic acids is 1. The van der Waals surface area contributed by atoms with Crippen molar-refractivity contribution in [3.05, 3.63) is 39.4 Å². The van der Waals surface area contributed by atoms with Crippen molar-refractivity contribution in [2.45, 2.75) is 33.7 Å². The second kappa shape index (κ2) is 5.90. The van der Waals surface area contributed by atoms with Crippen LogP contribution in [0.1, 0.15) is 36.7 Å². The Morgan fingerprint density at radius 2 is 1.90 bits per heavy atom. The molecule has 0 aliphatic carbocycles. The van der Waals surface area contributed by atoms with E-state index in [1.165, 1.54) is 25.1 Å². The van der Waals surface area contributed by atoms with E-state index < -0.39 is 28.3 Å². The molecular weight excluding hydrogens is 276 g/mol. The van der Waals surface area contributed by atoms with Gasteiger partial charge in [-0.15, -0.1) is 0 Å². The van der Waals surface area contributed by atoms with Gasteiger partial charge >= 0.3 is 5.97 Å². The molecule has 0 aliphatic rings. The molecule has 0 unspecified atom stereocenters. The van der Waals surface area contributed by atoms with Gasteiger partial charge in [0.15, 0.2) is 0 Å². The Morgan fingerprint density at radius 3 is 2.33 bits per heavy atom. The van der Waals surface area contributed by atoms with Gasteiger partial charge in [-0.05, 0) is 18.4 Å². The van der Waals surface area contributed by atoms with Gasteiger partial charge < -0.3 is 10.4 Å². The van der Waals surface area contributed by atoms with Gasteiger partial charge in [-0.25, -0.2) is 4.79 Å². The lowest BCUT2D eigenvalue weighted by Crippen LogP contribution is -2.49. The molecule has 0 saturated carbocycles. The van der Waals surface area contributed by atoms with E-state index in [0.717, 1.165) is 0 Å². The van der Waals surface area contributed by atoms with Crippen LogP contribution >= 0.6 is 0 Å². The van der Waals surface area contributed by atoms with E-state index in [9.17, 15) is 24.8 Å². The number of rotatable bonds is 4. The predicted octanol–water partition coefficient (Wildman–Crippen LogP) is 2.13. The SMILES string of the molecule is Cc1cccc(C(=O)N[C@@H](C(=O)O)C(C)(C)C)c1[N+](=O)[O-]. The van der Waals surface area contributed by atoms with Gasteiger partial charge in [0.2, 0.25) is 0 Å². The molecule has 0 bridgehead atoms. The van der Waals surface area contributed by atoms with E-state index in [-0.39, 0.29) is 11.3 Å². The largest absolute Gasteiger partial charge is 0.480 e. The molecule has 0 spiro atoms. The number of nitro groups is 1. The second-order valence-electron chi connectivity index (χ2n) is 5.84. The normalized spacial score (nSPS) is 12.6. The molecule has 0 heterocycles. The van der Waals surface area contributed by atoms with Crippen LogP contribution in [0.25, 0.3) is 0 Å². The van der Waals surface area contributed by atoms with Crippen LogP contribution in [0.4, 0.5) is 5.69 Å². The number of aliphatic carboxylic acids is 1. The summed E-state index contributed by atoms with van der Waals surface area (Å²) in [4.78, 5) is 33.9.